The number of amides is 1. The van der Waals surface area contributed by atoms with Gasteiger partial charge in [-0.15, -0.1) is 11.3 Å². The number of benzene rings is 1. The average Bonchev–Trinajstić information content (AvgIpc) is 3.11. The third-order valence-corrected chi connectivity index (χ3v) is 5.51. The monoisotopic (exact) mass is 373 g/mol. The Morgan fingerprint density at radius 3 is 2.35 bits per heavy atom. The van der Waals surface area contributed by atoms with E-state index in [1.165, 1.54) is 0 Å². The van der Waals surface area contributed by atoms with Gasteiger partial charge in [-0.2, -0.15) is 0 Å². The van der Waals surface area contributed by atoms with Crippen molar-refractivity contribution < 1.29 is 9.53 Å². The molecule has 1 aromatic carbocycles. The van der Waals surface area contributed by atoms with Crippen molar-refractivity contribution >= 4 is 17.2 Å². The molecule has 0 atom stereocenters. The van der Waals surface area contributed by atoms with Gasteiger partial charge in [0, 0.05) is 42.5 Å². The van der Waals surface area contributed by atoms with Gasteiger partial charge in [-0.05, 0) is 24.3 Å². The van der Waals surface area contributed by atoms with Gasteiger partial charge in [0.05, 0.1) is 19.3 Å². The highest BCUT2D eigenvalue weighted by molar-refractivity contribution is 7.09. The summed E-state index contributed by atoms with van der Waals surface area (Å²) in [6, 6.07) is 7.33. The second kappa shape index (κ2) is 7.76. The largest absolute Gasteiger partial charge is 0.497 e. The second-order valence-corrected chi connectivity index (χ2v) is 8.62. The summed E-state index contributed by atoms with van der Waals surface area (Å²) in [4.78, 5) is 21.7. The summed E-state index contributed by atoms with van der Waals surface area (Å²) in [6.07, 6.45) is 0. The fourth-order valence-corrected chi connectivity index (χ4v) is 4.01. The number of hydrogen-bond acceptors (Lipinski definition) is 5. The Bertz CT molecular complexity index is 741. The molecule has 140 valence electrons. The Hall–Kier alpha value is -1.92. The molecule has 2 aromatic rings. The van der Waals surface area contributed by atoms with Gasteiger partial charge < -0.3 is 9.64 Å². The van der Waals surface area contributed by atoms with Crippen LogP contribution in [0.3, 0.4) is 0 Å². The summed E-state index contributed by atoms with van der Waals surface area (Å²) in [5, 5.41) is 3.32. The van der Waals surface area contributed by atoms with Gasteiger partial charge in [0.1, 0.15) is 10.8 Å². The number of thiazole rings is 1. The predicted molar refractivity (Wildman–Crippen MR) is 105 cm³/mol. The Kier molecular flexibility index (Phi) is 5.63. The molecule has 0 saturated carbocycles. The van der Waals surface area contributed by atoms with Crippen molar-refractivity contribution in [3.63, 3.8) is 0 Å². The van der Waals surface area contributed by atoms with E-state index in [0.717, 1.165) is 49.2 Å². The van der Waals surface area contributed by atoms with Crippen LogP contribution < -0.4 is 4.74 Å². The first-order valence-corrected chi connectivity index (χ1v) is 9.85. The van der Waals surface area contributed by atoms with Crippen LogP contribution in [0, 0.1) is 0 Å². The number of methoxy groups -OCH3 is 1. The maximum atomic E-state index is 12.6. The molecule has 0 N–H and O–H groups in total. The number of nitrogens with zero attached hydrogens (tertiary/aromatic N) is 3. The van der Waals surface area contributed by atoms with Crippen molar-refractivity contribution in [1.82, 2.24) is 14.8 Å². The lowest BCUT2D eigenvalue weighted by molar-refractivity contribution is 0.0628. The van der Waals surface area contributed by atoms with E-state index in [-0.39, 0.29) is 11.3 Å². The van der Waals surface area contributed by atoms with Gasteiger partial charge in [0.15, 0.2) is 0 Å². The van der Waals surface area contributed by atoms with E-state index in [2.05, 4.69) is 31.1 Å². The summed E-state index contributed by atoms with van der Waals surface area (Å²) in [5.74, 6) is 0.862. The Morgan fingerprint density at radius 1 is 1.15 bits per heavy atom. The quantitative estimate of drug-likeness (QED) is 0.824. The van der Waals surface area contributed by atoms with Crippen LogP contribution >= 0.6 is 11.3 Å². The summed E-state index contributed by atoms with van der Waals surface area (Å²) >= 11 is 1.73. The van der Waals surface area contributed by atoms with Crippen LogP contribution in [-0.2, 0) is 12.0 Å². The zero-order valence-corrected chi connectivity index (χ0v) is 16.8. The molecule has 1 amide bonds. The minimum absolute atomic E-state index is 0.0940. The minimum Gasteiger partial charge on any atom is -0.497 e. The molecule has 5 nitrogen and oxygen atoms in total. The molecule has 1 aliphatic heterocycles. The zero-order valence-electron chi connectivity index (χ0n) is 16.0. The van der Waals surface area contributed by atoms with E-state index in [9.17, 15) is 4.79 Å². The zero-order chi connectivity index (χ0) is 18.7. The van der Waals surface area contributed by atoms with Crippen molar-refractivity contribution in [3.8, 4) is 5.75 Å². The molecule has 1 fully saturated rings. The molecule has 0 spiro atoms. The van der Waals surface area contributed by atoms with E-state index in [0.29, 0.717) is 5.56 Å². The first-order valence-electron chi connectivity index (χ1n) is 8.97. The first-order chi connectivity index (χ1) is 12.4. The summed E-state index contributed by atoms with van der Waals surface area (Å²) in [7, 11) is 1.63. The maximum absolute atomic E-state index is 12.6. The molecule has 1 aliphatic rings. The molecular weight excluding hydrogens is 346 g/mol. The lowest BCUT2D eigenvalue weighted by atomic mass is 9.93. The molecule has 6 heteroatoms. The molecule has 0 bridgehead atoms. The number of carbonyl (C=O) groups is 1. The van der Waals surface area contributed by atoms with E-state index in [1.54, 1.807) is 18.4 Å². The lowest BCUT2D eigenvalue weighted by Crippen LogP contribution is -2.48. The van der Waals surface area contributed by atoms with Crippen molar-refractivity contribution in [1.29, 1.82) is 0 Å². The summed E-state index contributed by atoms with van der Waals surface area (Å²) in [5.41, 5.74) is 1.97. The second-order valence-electron chi connectivity index (χ2n) is 7.67. The summed E-state index contributed by atoms with van der Waals surface area (Å²) in [6.45, 7) is 10.7. The third-order valence-electron chi connectivity index (χ3n) is 4.68. The van der Waals surface area contributed by atoms with E-state index >= 15 is 0 Å². The Labute approximate surface area is 159 Å². The fraction of sp³-hybridized carbons (Fsp3) is 0.500. The third kappa shape index (κ3) is 4.43. The van der Waals surface area contributed by atoms with Crippen LogP contribution in [0.4, 0.5) is 0 Å². The molecule has 26 heavy (non-hydrogen) atoms. The van der Waals surface area contributed by atoms with Crippen molar-refractivity contribution in [3.05, 3.63) is 45.9 Å². The smallest absolute Gasteiger partial charge is 0.253 e. The standard InChI is InChI=1S/C20H27N3O2S/c1-20(2,3)17-14-26-18(21-17)13-22-9-11-23(12-10-22)19(24)15-5-7-16(25-4)8-6-15/h5-8,14H,9-13H2,1-4H3. The number of carbonyl (C=O) groups excluding carboxylic acids is 1. The van der Waals surface area contributed by atoms with Crippen molar-refractivity contribution in [2.24, 2.45) is 0 Å². The normalized spacial score (nSPS) is 15.9. The fourth-order valence-electron chi connectivity index (χ4n) is 2.94. The van der Waals surface area contributed by atoms with Crippen LogP contribution in [0.15, 0.2) is 29.6 Å². The SMILES string of the molecule is COc1ccc(C(=O)N2CCN(Cc3nc(C(C)(C)C)cs3)CC2)cc1. The van der Waals surface area contributed by atoms with Gasteiger partial charge in [-0.1, -0.05) is 20.8 Å². The highest BCUT2D eigenvalue weighted by Gasteiger charge is 2.23. The molecule has 1 saturated heterocycles. The van der Waals surface area contributed by atoms with E-state index in [4.69, 9.17) is 9.72 Å². The van der Waals surface area contributed by atoms with Crippen molar-refractivity contribution in [2.75, 3.05) is 33.3 Å². The molecule has 0 radical (unpaired) electrons. The molecular formula is C20H27N3O2S. The summed E-state index contributed by atoms with van der Waals surface area (Å²) < 4.78 is 5.15. The van der Waals surface area contributed by atoms with Gasteiger partial charge in [-0.3, -0.25) is 9.69 Å². The van der Waals surface area contributed by atoms with Crippen LogP contribution in [0.1, 0.15) is 41.8 Å². The molecule has 1 aromatic heterocycles. The van der Waals surface area contributed by atoms with Gasteiger partial charge in [0.2, 0.25) is 0 Å². The first kappa shape index (κ1) is 18.9. The van der Waals surface area contributed by atoms with E-state index in [1.807, 2.05) is 29.2 Å². The van der Waals surface area contributed by atoms with Gasteiger partial charge >= 0.3 is 0 Å². The highest BCUT2D eigenvalue weighted by atomic mass is 32.1. The van der Waals surface area contributed by atoms with Gasteiger partial charge in [0.25, 0.3) is 5.91 Å². The van der Waals surface area contributed by atoms with Crippen LogP contribution in [0.25, 0.3) is 0 Å². The van der Waals surface area contributed by atoms with Crippen LogP contribution in [0.5, 0.6) is 5.75 Å². The topological polar surface area (TPSA) is 45.7 Å². The van der Waals surface area contributed by atoms with Gasteiger partial charge in [-0.25, -0.2) is 4.98 Å². The lowest BCUT2D eigenvalue weighted by Gasteiger charge is -2.34. The molecule has 2 heterocycles. The predicted octanol–water partition coefficient (Wildman–Crippen LogP) is 3.41. The molecule has 3 rings (SSSR count). The van der Waals surface area contributed by atoms with Crippen molar-refractivity contribution in [2.45, 2.75) is 32.7 Å². The number of ether oxygens (including phenoxy) is 1. The van der Waals surface area contributed by atoms with Crippen LogP contribution in [-0.4, -0.2) is 54.0 Å². The molecule has 0 aliphatic carbocycles. The number of aromatic nitrogens is 1. The number of hydrogen-bond donors (Lipinski definition) is 0. The Morgan fingerprint density at radius 2 is 1.81 bits per heavy atom. The Balaban J connectivity index is 1.53. The average molecular weight is 374 g/mol. The van der Waals surface area contributed by atoms with E-state index < -0.39 is 0 Å². The highest BCUT2D eigenvalue weighted by Crippen LogP contribution is 2.24. The number of piperazine rings is 1. The van der Waals surface area contributed by atoms with Crippen LogP contribution in [0.2, 0.25) is 0 Å². The minimum atomic E-state index is 0.0940. The maximum Gasteiger partial charge on any atom is 0.253 e. The molecule has 0 unspecified atom stereocenters. The number of rotatable bonds is 4.